The van der Waals surface area contributed by atoms with Gasteiger partial charge in [-0.3, -0.25) is 0 Å². The first-order chi connectivity index (χ1) is 6.31. The van der Waals surface area contributed by atoms with E-state index in [1.54, 1.807) is 0 Å². The lowest BCUT2D eigenvalue weighted by Gasteiger charge is -2.02. The maximum atomic E-state index is 8.94. The zero-order valence-corrected chi connectivity index (χ0v) is 7.75. The number of hydrogen-bond acceptors (Lipinski definition) is 1. The fraction of sp³-hybridized carbons (Fsp3) is 0.0909. The third kappa shape index (κ3) is 1.53. The molecule has 2 heteroatoms. The number of aliphatic hydroxyl groups is 1. The Morgan fingerprint density at radius 2 is 2.00 bits per heavy atom. The third-order valence-corrected chi connectivity index (χ3v) is 2.41. The maximum absolute atomic E-state index is 8.94. The zero-order valence-electron chi connectivity index (χ0n) is 7.00. The van der Waals surface area contributed by atoms with Gasteiger partial charge in [0.1, 0.15) is 0 Å². The Morgan fingerprint density at radius 1 is 1.15 bits per heavy atom. The second-order valence-electron chi connectivity index (χ2n) is 2.95. The molecule has 0 amide bonds. The zero-order chi connectivity index (χ0) is 9.26. The largest absolute Gasteiger partial charge is 0.392 e. The van der Waals surface area contributed by atoms with Gasteiger partial charge in [0.25, 0.3) is 0 Å². The summed E-state index contributed by atoms with van der Waals surface area (Å²) in [6.45, 7) is 0.0567. The summed E-state index contributed by atoms with van der Waals surface area (Å²) in [6.07, 6.45) is 0. The van der Waals surface area contributed by atoms with Crippen molar-refractivity contribution in [3.05, 3.63) is 47.0 Å². The molecule has 0 unspecified atom stereocenters. The molecule has 13 heavy (non-hydrogen) atoms. The van der Waals surface area contributed by atoms with E-state index in [0.717, 1.165) is 21.4 Å². The predicted octanol–water partition coefficient (Wildman–Crippen LogP) is 2.99. The van der Waals surface area contributed by atoms with Gasteiger partial charge in [0, 0.05) is 10.4 Å². The molecule has 0 heterocycles. The fourth-order valence-corrected chi connectivity index (χ4v) is 1.62. The second-order valence-corrected chi connectivity index (χ2v) is 3.36. The van der Waals surface area contributed by atoms with Crippen molar-refractivity contribution in [1.82, 2.24) is 0 Å². The minimum Gasteiger partial charge on any atom is -0.392 e. The van der Waals surface area contributed by atoms with Gasteiger partial charge in [-0.25, -0.2) is 0 Å². The topological polar surface area (TPSA) is 20.2 Å². The monoisotopic (exact) mass is 192 g/mol. The molecule has 0 aliphatic carbocycles. The molecule has 0 bridgehead atoms. The molecule has 0 aliphatic rings. The molecule has 1 N–H and O–H groups in total. The Hall–Kier alpha value is -1.05. The average Bonchev–Trinajstić information content (AvgIpc) is 2.18. The van der Waals surface area contributed by atoms with Crippen molar-refractivity contribution in [3.63, 3.8) is 0 Å². The van der Waals surface area contributed by atoms with Crippen LogP contribution in [0.1, 0.15) is 5.56 Å². The molecule has 66 valence electrons. The van der Waals surface area contributed by atoms with Gasteiger partial charge >= 0.3 is 0 Å². The molecule has 0 saturated heterocycles. The summed E-state index contributed by atoms with van der Waals surface area (Å²) in [5, 5.41) is 11.8. The van der Waals surface area contributed by atoms with E-state index in [1.165, 1.54) is 0 Å². The van der Waals surface area contributed by atoms with Crippen molar-refractivity contribution in [2.45, 2.75) is 6.61 Å². The number of rotatable bonds is 1. The molecular weight excluding hydrogens is 184 g/mol. The average molecular weight is 193 g/mol. The van der Waals surface area contributed by atoms with E-state index in [4.69, 9.17) is 16.7 Å². The van der Waals surface area contributed by atoms with Crippen LogP contribution in [-0.4, -0.2) is 5.11 Å². The van der Waals surface area contributed by atoms with Gasteiger partial charge in [0.2, 0.25) is 0 Å². The van der Waals surface area contributed by atoms with Crippen molar-refractivity contribution in [2.24, 2.45) is 0 Å². The van der Waals surface area contributed by atoms with Crippen LogP contribution in [0, 0.1) is 0 Å². The van der Waals surface area contributed by atoms with Crippen molar-refractivity contribution in [3.8, 4) is 0 Å². The summed E-state index contributed by atoms with van der Waals surface area (Å²) in [4.78, 5) is 0. The highest BCUT2D eigenvalue weighted by Gasteiger charge is 1.98. The molecule has 2 aromatic rings. The second kappa shape index (κ2) is 3.36. The minimum absolute atomic E-state index is 0.0567. The van der Waals surface area contributed by atoms with Gasteiger partial charge in [-0.2, -0.15) is 0 Å². The smallest absolute Gasteiger partial charge is 0.0682 e. The van der Waals surface area contributed by atoms with Crippen LogP contribution in [0.3, 0.4) is 0 Å². The summed E-state index contributed by atoms with van der Waals surface area (Å²) >= 11 is 6.00. The van der Waals surface area contributed by atoms with E-state index in [-0.39, 0.29) is 6.61 Å². The highest BCUT2D eigenvalue weighted by Crippen LogP contribution is 2.24. The van der Waals surface area contributed by atoms with E-state index < -0.39 is 0 Å². The molecule has 2 rings (SSSR count). The lowest BCUT2D eigenvalue weighted by molar-refractivity contribution is 0.282. The van der Waals surface area contributed by atoms with Crippen molar-refractivity contribution >= 4 is 22.4 Å². The van der Waals surface area contributed by atoms with E-state index in [0.29, 0.717) is 0 Å². The van der Waals surface area contributed by atoms with Crippen LogP contribution in [0.5, 0.6) is 0 Å². The number of aliphatic hydroxyl groups excluding tert-OH is 1. The van der Waals surface area contributed by atoms with E-state index >= 15 is 0 Å². The Labute approximate surface area is 81.6 Å². The highest BCUT2D eigenvalue weighted by atomic mass is 35.5. The van der Waals surface area contributed by atoms with Gasteiger partial charge in [-0.1, -0.05) is 35.9 Å². The van der Waals surface area contributed by atoms with Gasteiger partial charge in [-0.15, -0.1) is 0 Å². The lowest BCUT2D eigenvalue weighted by Crippen LogP contribution is -1.82. The minimum atomic E-state index is 0.0567. The number of halogens is 1. The van der Waals surface area contributed by atoms with E-state index in [1.807, 2.05) is 36.4 Å². The van der Waals surface area contributed by atoms with Gasteiger partial charge in [0.05, 0.1) is 6.61 Å². The third-order valence-electron chi connectivity index (χ3n) is 2.08. The van der Waals surface area contributed by atoms with E-state index in [9.17, 15) is 0 Å². The molecule has 0 radical (unpaired) electrons. The molecule has 1 nitrogen and oxygen atoms in total. The first-order valence-electron chi connectivity index (χ1n) is 4.09. The van der Waals surface area contributed by atoms with Gasteiger partial charge < -0.3 is 5.11 Å². The molecule has 0 spiro atoms. The van der Waals surface area contributed by atoms with Crippen LogP contribution in [-0.2, 0) is 6.61 Å². The Kier molecular flexibility index (Phi) is 2.21. The quantitative estimate of drug-likeness (QED) is 0.737. The Bertz CT molecular complexity index is 437. The number of fused-ring (bicyclic) bond motifs is 1. The molecule has 0 saturated carbocycles. The first-order valence-corrected chi connectivity index (χ1v) is 4.47. The van der Waals surface area contributed by atoms with Gasteiger partial charge in [-0.05, 0) is 23.1 Å². The summed E-state index contributed by atoms with van der Waals surface area (Å²) in [6, 6.07) is 11.6. The molecule has 0 aliphatic heterocycles. The fourth-order valence-electron chi connectivity index (χ4n) is 1.38. The van der Waals surface area contributed by atoms with Crippen molar-refractivity contribution in [2.75, 3.05) is 0 Å². The summed E-state index contributed by atoms with van der Waals surface area (Å²) in [7, 11) is 0. The predicted molar refractivity (Wildman–Crippen MR) is 54.9 cm³/mol. The summed E-state index contributed by atoms with van der Waals surface area (Å²) in [5.74, 6) is 0. The van der Waals surface area contributed by atoms with Crippen LogP contribution >= 0.6 is 11.6 Å². The molecular formula is C11H9ClO. The number of benzene rings is 2. The van der Waals surface area contributed by atoms with Gasteiger partial charge in [0.15, 0.2) is 0 Å². The lowest BCUT2D eigenvalue weighted by atomic mass is 10.1. The first kappa shape index (κ1) is 8.54. The van der Waals surface area contributed by atoms with Crippen LogP contribution in [0.25, 0.3) is 10.8 Å². The highest BCUT2D eigenvalue weighted by molar-refractivity contribution is 6.35. The molecule has 0 aromatic heterocycles. The van der Waals surface area contributed by atoms with Crippen LogP contribution in [0.4, 0.5) is 0 Å². The molecule has 0 atom stereocenters. The van der Waals surface area contributed by atoms with E-state index in [2.05, 4.69) is 0 Å². The standard InChI is InChI=1S/C11H9ClO/c12-11-3-1-2-9-5-4-8(7-13)6-10(9)11/h1-6,13H,7H2. The van der Waals surface area contributed by atoms with Crippen molar-refractivity contribution in [1.29, 1.82) is 0 Å². The Morgan fingerprint density at radius 3 is 2.77 bits per heavy atom. The Balaban J connectivity index is 2.74. The summed E-state index contributed by atoms with van der Waals surface area (Å²) in [5.41, 5.74) is 0.889. The normalized spacial score (nSPS) is 10.6. The SMILES string of the molecule is OCc1ccc2cccc(Cl)c2c1. The molecule has 0 fully saturated rings. The van der Waals surface area contributed by atoms with Crippen molar-refractivity contribution < 1.29 is 5.11 Å². The summed E-state index contributed by atoms with van der Waals surface area (Å²) < 4.78 is 0. The number of hydrogen-bond donors (Lipinski definition) is 1. The van der Waals surface area contributed by atoms with Crippen LogP contribution in [0.15, 0.2) is 36.4 Å². The molecule has 2 aromatic carbocycles. The van der Waals surface area contributed by atoms with Crippen LogP contribution < -0.4 is 0 Å². The maximum Gasteiger partial charge on any atom is 0.0682 e. The van der Waals surface area contributed by atoms with Crippen LogP contribution in [0.2, 0.25) is 5.02 Å².